The van der Waals surface area contributed by atoms with E-state index in [-0.39, 0.29) is 49.6 Å². The first-order chi connectivity index (χ1) is 47.8. The molecule has 0 bridgehead atoms. The first-order valence-corrected chi connectivity index (χ1v) is 33.9. The molecule has 101 heavy (non-hydrogen) atoms. The molecule has 0 aliphatic heterocycles. The van der Waals surface area contributed by atoms with Crippen molar-refractivity contribution in [2.75, 3.05) is 52.6 Å². The number of hydrogen-bond acceptors (Lipinski definition) is 8. The van der Waals surface area contributed by atoms with Crippen LogP contribution in [-0.2, 0) is 31.6 Å². The van der Waals surface area contributed by atoms with Gasteiger partial charge in [-0.05, 0) is 167 Å². The van der Waals surface area contributed by atoms with Crippen molar-refractivity contribution in [2.24, 2.45) is 22.9 Å². The zero-order chi connectivity index (χ0) is 66.4. The lowest BCUT2D eigenvalue weighted by atomic mass is 9.65. The molecular weight excluding hydrogens is 1340 g/mol. The van der Waals surface area contributed by atoms with Crippen molar-refractivity contribution in [3.63, 3.8) is 0 Å². The van der Waals surface area contributed by atoms with Gasteiger partial charge in [0.15, 0.2) is 75.8 Å². The van der Waals surface area contributed by atoms with Crippen LogP contribution in [0.1, 0.15) is 70.2 Å². The van der Waals surface area contributed by atoms with E-state index in [0.717, 1.165) is 93.2 Å². The molecule has 0 fully saturated rings. The summed E-state index contributed by atoms with van der Waals surface area (Å²) in [6.45, 7) is 7.73. The van der Waals surface area contributed by atoms with E-state index >= 15 is 0 Å². The molecule has 0 radical (unpaired) electrons. The van der Waals surface area contributed by atoms with Crippen LogP contribution >= 0.6 is 0 Å². The Labute approximate surface area is 619 Å². The van der Waals surface area contributed by atoms with Crippen molar-refractivity contribution in [1.82, 2.24) is 0 Å². The second-order valence-electron chi connectivity index (χ2n) is 24.6. The molecule has 4 heterocycles. The lowest BCUT2D eigenvalue weighted by molar-refractivity contribution is -0.688. The van der Waals surface area contributed by atoms with Gasteiger partial charge in [0.05, 0.1) is 31.8 Å². The SMILES string of the molecule is NCCCOc1ccc(-c2cc[n+](Cc3ccc(C(c4ccc(C[n+]5ccc(-c6ccc(OCCCN)cc6)cc5)cc4)(c4ccc(C[n+]5ccc(-c6ccc(OCCCN)cc6)cc5)cc4)c4ccc(C[n+]5ccc(-c6ccc(OCCCN)cc6)cc5)cc4)cc3)cc2)cc1.[Cl-].[Cl-].[Cl-].[Cl-]. The van der Waals surface area contributed by atoms with E-state index in [0.29, 0.717) is 78.8 Å². The highest BCUT2D eigenvalue weighted by molar-refractivity contribution is 5.67. The second-order valence-corrected chi connectivity index (χ2v) is 24.6. The van der Waals surface area contributed by atoms with Crippen molar-refractivity contribution < 1.29 is 86.8 Å². The highest BCUT2D eigenvalue weighted by Gasteiger charge is 2.39. The Morgan fingerprint density at radius 2 is 0.386 bits per heavy atom. The largest absolute Gasteiger partial charge is 1.00 e. The van der Waals surface area contributed by atoms with Gasteiger partial charge in [0.25, 0.3) is 0 Å². The molecule has 0 unspecified atom stereocenters. The summed E-state index contributed by atoms with van der Waals surface area (Å²) < 4.78 is 32.5. The highest BCUT2D eigenvalue weighted by Crippen LogP contribution is 2.46. The van der Waals surface area contributed by atoms with Gasteiger partial charge in [-0.3, -0.25) is 0 Å². The average Bonchev–Trinajstić information content (AvgIpc) is 0.732. The molecule has 16 heteroatoms. The fourth-order valence-electron chi connectivity index (χ4n) is 12.4. The van der Waals surface area contributed by atoms with Crippen molar-refractivity contribution in [2.45, 2.75) is 57.3 Å². The topological polar surface area (TPSA) is 157 Å². The fourth-order valence-corrected chi connectivity index (χ4v) is 12.4. The van der Waals surface area contributed by atoms with Crippen molar-refractivity contribution in [3.05, 3.63) is 337 Å². The molecule has 12 nitrogen and oxygen atoms in total. The number of pyridine rings is 4. The molecule has 0 aliphatic carbocycles. The number of halogens is 4. The lowest BCUT2D eigenvalue weighted by Crippen LogP contribution is -3.00. The number of hydrogen-bond donors (Lipinski definition) is 4. The number of benzene rings is 8. The zero-order valence-corrected chi connectivity index (χ0v) is 59.8. The minimum absolute atomic E-state index is 0. The van der Waals surface area contributed by atoms with Crippen LogP contribution in [0.25, 0.3) is 44.5 Å². The summed E-state index contributed by atoms with van der Waals surface area (Å²) >= 11 is 0. The van der Waals surface area contributed by atoms with Crippen LogP contribution in [0.5, 0.6) is 23.0 Å². The number of aromatic nitrogens is 4. The third-order valence-corrected chi connectivity index (χ3v) is 17.8. The van der Waals surface area contributed by atoms with Crippen LogP contribution in [0, 0.1) is 0 Å². The fraction of sp³-hybridized carbons (Fsp3) is 0.200. The second kappa shape index (κ2) is 39.0. The molecule has 8 aromatic carbocycles. The third kappa shape index (κ3) is 20.4. The summed E-state index contributed by atoms with van der Waals surface area (Å²) in [7, 11) is 0. The maximum Gasteiger partial charge on any atom is 0.173 e. The maximum atomic E-state index is 5.88. The lowest BCUT2D eigenvalue weighted by Gasteiger charge is -2.37. The van der Waals surface area contributed by atoms with Crippen LogP contribution in [0.2, 0.25) is 0 Å². The van der Waals surface area contributed by atoms with Gasteiger partial charge in [0.2, 0.25) is 0 Å². The standard InChI is InChI=1S/C85H88N8O4.4ClH/c86-45-1-57-94-81-29-13-69(14-30-81)73-37-49-90(50-38-73)61-65-5-21-77(22-6-65)85(78-23-7-66(8-24-78)62-91-51-39-74(40-52-91)70-15-31-82(32-16-70)95-58-2-46-87,79-25-9-67(10-26-79)63-92-53-41-75(42-54-92)71-17-33-83(34-18-71)96-59-3-47-88)80-27-11-68(12-28-80)64-93-55-43-76(44-56-93)72-19-35-84(36-20-72)97-60-4-48-89;;;;/h5-44,49-56H,1-4,45-48,57-64,86-89H2;4*1H/q+4;;;;/p-4. The van der Waals surface area contributed by atoms with Crippen molar-refractivity contribution in [3.8, 4) is 67.5 Å². The van der Waals surface area contributed by atoms with Crippen LogP contribution in [0.4, 0.5) is 0 Å². The van der Waals surface area contributed by atoms with Gasteiger partial charge >= 0.3 is 0 Å². The van der Waals surface area contributed by atoms with E-state index < -0.39 is 5.41 Å². The van der Waals surface area contributed by atoms with E-state index in [4.69, 9.17) is 41.9 Å². The monoisotopic (exact) mass is 1420 g/mol. The van der Waals surface area contributed by atoms with Crippen molar-refractivity contribution in [1.29, 1.82) is 0 Å². The molecule has 0 saturated carbocycles. The zero-order valence-electron chi connectivity index (χ0n) is 56.8. The molecule has 12 aromatic rings. The van der Waals surface area contributed by atoms with E-state index in [9.17, 15) is 0 Å². The van der Waals surface area contributed by atoms with Gasteiger partial charge in [-0.15, -0.1) is 0 Å². The van der Waals surface area contributed by atoms with Gasteiger partial charge in [0.1, 0.15) is 23.0 Å². The Bertz CT molecular complexity index is 3800. The minimum atomic E-state index is -0.729. The van der Waals surface area contributed by atoms with Gasteiger partial charge in [-0.25, -0.2) is 18.3 Å². The van der Waals surface area contributed by atoms with Gasteiger partial charge in [-0.1, -0.05) is 146 Å². The maximum absolute atomic E-state index is 5.88. The molecule has 12 rings (SSSR count). The molecule has 520 valence electrons. The highest BCUT2D eigenvalue weighted by atomic mass is 35.5. The van der Waals surface area contributed by atoms with Gasteiger partial charge in [0, 0.05) is 70.8 Å². The summed E-state index contributed by atoms with van der Waals surface area (Å²) in [5.74, 6) is 3.41. The van der Waals surface area contributed by atoms with Crippen LogP contribution in [0.15, 0.2) is 292 Å². The first kappa shape index (κ1) is 77.3. The average molecular weight is 1430 g/mol. The number of nitrogens with zero attached hydrogens (tertiary/aromatic N) is 4. The van der Waals surface area contributed by atoms with Crippen LogP contribution < -0.4 is 110 Å². The Morgan fingerprint density at radius 1 is 0.218 bits per heavy atom. The quantitative estimate of drug-likeness (QED) is 0.0277. The molecular formula is C85H88Cl4N8O4. The molecule has 0 atom stereocenters. The van der Waals surface area contributed by atoms with E-state index in [1.54, 1.807) is 0 Å². The summed E-state index contributed by atoms with van der Waals surface area (Å²) in [5, 5.41) is 0. The normalized spacial score (nSPS) is 10.9. The molecule has 0 saturated heterocycles. The van der Waals surface area contributed by atoms with E-state index in [1.807, 2.05) is 48.5 Å². The van der Waals surface area contributed by atoms with Crippen LogP contribution in [-0.4, -0.2) is 52.6 Å². The van der Waals surface area contributed by atoms with E-state index in [1.165, 1.54) is 44.5 Å². The van der Waals surface area contributed by atoms with E-state index in [2.05, 4.69) is 262 Å². The predicted molar refractivity (Wildman–Crippen MR) is 386 cm³/mol. The number of ether oxygens (including phenoxy) is 4. The predicted octanol–water partition coefficient (Wildman–Crippen LogP) is 1.01. The minimum Gasteiger partial charge on any atom is -1.00 e. The number of nitrogens with two attached hydrogens (primary N) is 4. The smallest absolute Gasteiger partial charge is 0.173 e. The molecule has 4 aromatic heterocycles. The summed E-state index contributed by atoms with van der Waals surface area (Å²) in [6.07, 6.45) is 20.6. The Kier molecular flexibility index (Phi) is 29.8. The van der Waals surface area contributed by atoms with Crippen LogP contribution in [0.3, 0.4) is 0 Å². The molecule has 0 aliphatic rings. The Balaban J connectivity index is 0.00000324. The first-order valence-electron chi connectivity index (χ1n) is 33.9. The Hall–Kier alpha value is -9.44. The Morgan fingerprint density at radius 3 is 0.554 bits per heavy atom. The van der Waals surface area contributed by atoms with Gasteiger partial charge < -0.3 is 91.5 Å². The van der Waals surface area contributed by atoms with Crippen molar-refractivity contribution >= 4 is 0 Å². The summed E-state index contributed by atoms with van der Waals surface area (Å²) in [5.41, 5.74) is 40.6. The molecule has 0 amide bonds. The summed E-state index contributed by atoms with van der Waals surface area (Å²) in [4.78, 5) is 0. The van der Waals surface area contributed by atoms with Gasteiger partial charge in [-0.2, -0.15) is 0 Å². The molecule has 0 spiro atoms. The third-order valence-electron chi connectivity index (χ3n) is 17.8. The summed E-state index contributed by atoms with van der Waals surface area (Å²) in [6, 6.07) is 87.8. The molecule has 8 N–H and O–H groups in total. The number of rotatable bonds is 32.